The number of nitrogens with one attached hydrogen (secondary N) is 1. The Bertz CT molecular complexity index is 728. The first-order valence-corrected chi connectivity index (χ1v) is 6.64. The molecule has 100 valence electrons. The van der Waals surface area contributed by atoms with Gasteiger partial charge in [0, 0.05) is 10.0 Å². The van der Waals surface area contributed by atoms with Gasteiger partial charge in [0.15, 0.2) is 0 Å². The largest absolute Gasteiger partial charge is 0.321 e. The van der Waals surface area contributed by atoms with Crippen molar-refractivity contribution >= 4 is 39.1 Å². The first kappa shape index (κ1) is 14.5. The molecule has 1 N–H and O–H groups in total. The third kappa shape index (κ3) is 3.16. The van der Waals surface area contributed by atoms with Crippen molar-refractivity contribution < 1.29 is 9.18 Å². The summed E-state index contributed by atoms with van der Waals surface area (Å²) in [6, 6.07) is 10.5. The average Bonchev–Trinajstić information content (AvgIpc) is 2.42. The fraction of sp³-hybridized carbons (Fsp3) is 0. The minimum Gasteiger partial charge on any atom is -0.321 e. The number of halogens is 3. The molecule has 0 aliphatic heterocycles. The molecular weight excluding hydrogens is 347 g/mol. The number of benzene rings is 2. The van der Waals surface area contributed by atoms with E-state index in [0.29, 0.717) is 11.3 Å². The smallest absolute Gasteiger partial charge is 0.255 e. The van der Waals surface area contributed by atoms with Gasteiger partial charge in [-0.3, -0.25) is 4.79 Å². The van der Waals surface area contributed by atoms with E-state index in [1.165, 1.54) is 12.1 Å². The summed E-state index contributed by atoms with van der Waals surface area (Å²) in [5.41, 5.74) is 0.905. The lowest BCUT2D eigenvalue weighted by molar-refractivity contribution is 0.102. The van der Waals surface area contributed by atoms with Crippen LogP contribution in [0.25, 0.3) is 0 Å². The Morgan fingerprint density at radius 3 is 2.70 bits per heavy atom. The van der Waals surface area contributed by atoms with Crippen LogP contribution in [0.4, 0.5) is 10.1 Å². The highest BCUT2D eigenvalue weighted by Crippen LogP contribution is 2.22. The van der Waals surface area contributed by atoms with E-state index in [2.05, 4.69) is 21.2 Å². The number of carbonyl (C=O) groups is 1. The summed E-state index contributed by atoms with van der Waals surface area (Å²) in [5.74, 6) is -1.06. The molecule has 0 aliphatic rings. The molecule has 0 aliphatic carbocycles. The second kappa shape index (κ2) is 6.04. The van der Waals surface area contributed by atoms with Gasteiger partial charge in [-0.2, -0.15) is 5.26 Å². The van der Waals surface area contributed by atoms with Crippen LogP contribution in [0.15, 0.2) is 40.9 Å². The molecule has 20 heavy (non-hydrogen) atoms. The van der Waals surface area contributed by atoms with Gasteiger partial charge in [-0.1, -0.05) is 27.5 Å². The minimum atomic E-state index is -0.594. The molecule has 2 aromatic carbocycles. The summed E-state index contributed by atoms with van der Waals surface area (Å²) < 4.78 is 13.8. The molecule has 0 fully saturated rings. The summed E-state index contributed by atoms with van der Waals surface area (Å²) in [4.78, 5) is 12.0. The van der Waals surface area contributed by atoms with Gasteiger partial charge in [0.2, 0.25) is 0 Å². The number of nitriles is 1. The molecule has 0 atom stereocenters. The van der Waals surface area contributed by atoms with Crippen LogP contribution in [0.5, 0.6) is 0 Å². The Labute approximate surface area is 128 Å². The van der Waals surface area contributed by atoms with Crippen LogP contribution in [0.2, 0.25) is 5.02 Å². The molecule has 0 saturated heterocycles. The van der Waals surface area contributed by atoms with E-state index in [-0.39, 0.29) is 10.6 Å². The average molecular weight is 354 g/mol. The van der Waals surface area contributed by atoms with Gasteiger partial charge in [0.25, 0.3) is 5.91 Å². The van der Waals surface area contributed by atoms with Crippen LogP contribution < -0.4 is 5.32 Å². The molecule has 0 bridgehead atoms. The molecule has 6 heteroatoms. The van der Waals surface area contributed by atoms with Gasteiger partial charge < -0.3 is 5.32 Å². The second-order valence-corrected chi connectivity index (χ2v) is 5.21. The van der Waals surface area contributed by atoms with Gasteiger partial charge in [-0.05, 0) is 36.4 Å². The van der Waals surface area contributed by atoms with Crippen molar-refractivity contribution in [1.29, 1.82) is 5.26 Å². The normalized spacial score (nSPS) is 9.90. The topological polar surface area (TPSA) is 52.9 Å². The van der Waals surface area contributed by atoms with Crippen LogP contribution in [0.3, 0.4) is 0 Å². The standard InChI is InChI=1S/C14H7BrClFN2O/c15-10-3-1-9(7-18)13(6-10)19-14(20)8-2-4-12(17)11(16)5-8/h1-6H,(H,19,20). The van der Waals surface area contributed by atoms with E-state index in [4.69, 9.17) is 16.9 Å². The maximum atomic E-state index is 13.0. The molecule has 2 aromatic rings. The fourth-order valence-electron chi connectivity index (χ4n) is 1.55. The summed E-state index contributed by atoms with van der Waals surface area (Å²) in [6.07, 6.45) is 0. The third-order valence-corrected chi connectivity index (χ3v) is 3.31. The van der Waals surface area contributed by atoms with Crippen molar-refractivity contribution in [3.63, 3.8) is 0 Å². The number of hydrogen-bond acceptors (Lipinski definition) is 2. The zero-order valence-electron chi connectivity index (χ0n) is 9.95. The summed E-state index contributed by atoms with van der Waals surface area (Å²) in [7, 11) is 0. The Kier molecular flexibility index (Phi) is 4.38. The van der Waals surface area contributed by atoms with Crippen LogP contribution in [0, 0.1) is 17.1 Å². The Morgan fingerprint density at radius 2 is 2.05 bits per heavy atom. The van der Waals surface area contributed by atoms with Gasteiger partial charge in [0.1, 0.15) is 11.9 Å². The first-order chi connectivity index (χ1) is 9.51. The third-order valence-electron chi connectivity index (χ3n) is 2.53. The molecule has 0 heterocycles. The number of nitrogens with zero attached hydrogens (tertiary/aromatic N) is 1. The highest BCUT2D eigenvalue weighted by Gasteiger charge is 2.11. The second-order valence-electron chi connectivity index (χ2n) is 3.88. The summed E-state index contributed by atoms with van der Waals surface area (Å²) in [5, 5.41) is 11.4. The predicted octanol–water partition coefficient (Wildman–Crippen LogP) is 4.37. The van der Waals surface area contributed by atoms with Crippen LogP contribution in [-0.2, 0) is 0 Å². The lowest BCUT2D eigenvalue weighted by Gasteiger charge is -2.08. The summed E-state index contributed by atoms with van der Waals surface area (Å²) >= 11 is 8.89. The number of amides is 1. The number of hydrogen-bond donors (Lipinski definition) is 1. The van der Waals surface area contributed by atoms with Crippen molar-refractivity contribution in [3.8, 4) is 6.07 Å². The van der Waals surface area contributed by atoms with Crippen molar-refractivity contribution in [3.05, 3.63) is 62.8 Å². The SMILES string of the molecule is N#Cc1ccc(Br)cc1NC(=O)c1ccc(F)c(Cl)c1. The number of anilines is 1. The van der Waals surface area contributed by atoms with Crippen LogP contribution in [-0.4, -0.2) is 5.91 Å². The minimum absolute atomic E-state index is 0.132. The predicted molar refractivity (Wildman–Crippen MR) is 78.2 cm³/mol. The molecule has 0 radical (unpaired) electrons. The highest BCUT2D eigenvalue weighted by molar-refractivity contribution is 9.10. The number of rotatable bonds is 2. The molecule has 2 rings (SSSR count). The van der Waals surface area contributed by atoms with Gasteiger partial charge in [-0.15, -0.1) is 0 Å². The first-order valence-electron chi connectivity index (χ1n) is 5.47. The maximum Gasteiger partial charge on any atom is 0.255 e. The van der Waals surface area contributed by atoms with Crippen molar-refractivity contribution in [1.82, 2.24) is 0 Å². The van der Waals surface area contributed by atoms with Gasteiger partial charge >= 0.3 is 0 Å². The Hall–Kier alpha value is -1.90. The zero-order chi connectivity index (χ0) is 14.7. The lowest BCUT2D eigenvalue weighted by atomic mass is 10.1. The molecule has 1 amide bonds. The van der Waals surface area contributed by atoms with E-state index in [0.717, 1.165) is 10.5 Å². The van der Waals surface area contributed by atoms with Crippen molar-refractivity contribution in [2.45, 2.75) is 0 Å². The molecule has 0 saturated carbocycles. The van der Waals surface area contributed by atoms with E-state index in [9.17, 15) is 9.18 Å². The molecule has 3 nitrogen and oxygen atoms in total. The van der Waals surface area contributed by atoms with Crippen molar-refractivity contribution in [2.24, 2.45) is 0 Å². The molecule has 0 unspecified atom stereocenters. The lowest BCUT2D eigenvalue weighted by Crippen LogP contribution is -2.13. The highest BCUT2D eigenvalue weighted by atomic mass is 79.9. The summed E-state index contributed by atoms with van der Waals surface area (Å²) in [6.45, 7) is 0. The van der Waals surface area contributed by atoms with E-state index in [1.54, 1.807) is 18.2 Å². The number of carbonyl (C=O) groups excluding carboxylic acids is 1. The van der Waals surface area contributed by atoms with E-state index >= 15 is 0 Å². The Morgan fingerprint density at radius 1 is 1.30 bits per heavy atom. The van der Waals surface area contributed by atoms with Crippen LogP contribution in [0.1, 0.15) is 15.9 Å². The monoisotopic (exact) mass is 352 g/mol. The zero-order valence-corrected chi connectivity index (χ0v) is 12.3. The molecular formula is C14H7BrClFN2O. The molecule has 0 aromatic heterocycles. The van der Waals surface area contributed by atoms with Gasteiger partial charge in [0.05, 0.1) is 16.3 Å². The van der Waals surface area contributed by atoms with Crippen LogP contribution >= 0.6 is 27.5 Å². The van der Waals surface area contributed by atoms with Crippen molar-refractivity contribution in [2.75, 3.05) is 5.32 Å². The Balaban J connectivity index is 2.30. The van der Waals surface area contributed by atoms with Gasteiger partial charge in [-0.25, -0.2) is 4.39 Å². The fourth-order valence-corrected chi connectivity index (χ4v) is 2.09. The quantitative estimate of drug-likeness (QED) is 0.872. The maximum absolute atomic E-state index is 13.0. The molecule has 0 spiro atoms. The van der Waals surface area contributed by atoms with E-state index < -0.39 is 11.7 Å². The van der Waals surface area contributed by atoms with E-state index in [1.807, 2.05) is 6.07 Å².